The van der Waals surface area contributed by atoms with Crippen molar-refractivity contribution in [2.45, 2.75) is 51.4 Å². The standard InChI is InChI=1S/C25H29Si.3ClH.Ti/c1-4-10-20(11-5-1)16-22-18-23(17-21-12-6-2-7-13-21)25(19-22)26-24-14-8-3-9-15-24;;;;/h2-3,6-9,12-15,20H,1,4-5,10-11,16-17,19,26H2;3*1H;/q-1;;;;+4/p-3. The first kappa shape index (κ1) is 29.7. The van der Waals surface area contributed by atoms with E-state index in [0.717, 1.165) is 12.3 Å². The van der Waals surface area contributed by atoms with Crippen LogP contribution in [0.15, 0.2) is 77.0 Å². The fraction of sp³-hybridized carbons (Fsp3) is 0.360. The summed E-state index contributed by atoms with van der Waals surface area (Å²) in [6.45, 7) is 0. The molecule has 5 heteroatoms. The largest absolute Gasteiger partial charge is 4.00 e. The summed E-state index contributed by atoms with van der Waals surface area (Å²) in [6, 6.07) is 22.1. The van der Waals surface area contributed by atoms with Gasteiger partial charge in [0.05, 0.1) is 0 Å². The summed E-state index contributed by atoms with van der Waals surface area (Å²) in [4.78, 5) is 0. The minimum Gasteiger partial charge on any atom is -1.00 e. The van der Waals surface area contributed by atoms with Gasteiger partial charge in [0.2, 0.25) is 0 Å². The number of rotatable bonds is 6. The first-order valence-electron chi connectivity index (χ1n) is 10.3. The predicted molar refractivity (Wildman–Crippen MR) is 114 cm³/mol. The molecular weight excluding hydrogens is 483 g/mol. The molecule has 1 saturated carbocycles. The molecule has 0 amide bonds. The average Bonchev–Trinajstić information content (AvgIpc) is 3.05. The second kappa shape index (κ2) is 15.5. The van der Waals surface area contributed by atoms with Crippen LogP contribution in [-0.2, 0) is 28.1 Å². The molecule has 0 radical (unpaired) electrons. The van der Waals surface area contributed by atoms with Crippen molar-refractivity contribution >= 4 is 14.7 Å². The van der Waals surface area contributed by atoms with Crippen LogP contribution in [0, 0.1) is 12.0 Å². The van der Waals surface area contributed by atoms with Crippen LogP contribution in [0.2, 0.25) is 0 Å². The molecule has 0 aromatic heterocycles. The summed E-state index contributed by atoms with van der Waals surface area (Å²) in [5.74, 6) is 0.918. The van der Waals surface area contributed by atoms with Crippen LogP contribution >= 0.6 is 0 Å². The summed E-state index contributed by atoms with van der Waals surface area (Å²) in [6.07, 6.45) is 14.6. The van der Waals surface area contributed by atoms with Gasteiger partial charge in [-0.3, -0.25) is 0 Å². The maximum atomic E-state index is 3.89. The van der Waals surface area contributed by atoms with E-state index in [0.29, 0.717) is 0 Å². The van der Waals surface area contributed by atoms with Crippen LogP contribution in [0.3, 0.4) is 0 Å². The number of hydrogen-bond donors (Lipinski definition) is 0. The number of halogens is 3. The molecule has 2 aliphatic carbocycles. The molecule has 0 spiro atoms. The van der Waals surface area contributed by atoms with E-state index < -0.39 is 0 Å². The Morgan fingerprint density at radius 2 is 1.40 bits per heavy atom. The molecule has 0 nitrogen and oxygen atoms in total. The maximum absolute atomic E-state index is 3.89. The number of hydrogen-bond acceptors (Lipinski definition) is 0. The van der Waals surface area contributed by atoms with Crippen LogP contribution in [0.5, 0.6) is 0 Å². The van der Waals surface area contributed by atoms with Crippen LogP contribution < -0.4 is 42.4 Å². The SMILES string of the molecule is [C-]1=C(CC2CCCCC2)CC([SiH2]c2ccccc2)=C1Cc1ccccc1.[Cl-].[Cl-].[Cl-].[Ti+4]. The van der Waals surface area contributed by atoms with Gasteiger partial charge < -0.3 is 37.2 Å². The van der Waals surface area contributed by atoms with Gasteiger partial charge >= 0.3 is 21.7 Å². The van der Waals surface area contributed by atoms with Crippen molar-refractivity contribution in [2.24, 2.45) is 5.92 Å². The van der Waals surface area contributed by atoms with E-state index in [1.54, 1.807) is 16.0 Å². The molecule has 2 aliphatic rings. The smallest absolute Gasteiger partial charge is 1.00 e. The second-order valence-corrected chi connectivity index (χ2v) is 10.0. The normalized spacial score (nSPS) is 16.2. The topological polar surface area (TPSA) is 0 Å². The van der Waals surface area contributed by atoms with Crippen molar-refractivity contribution in [1.29, 1.82) is 0 Å². The fourth-order valence-corrected chi connectivity index (χ4v) is 6.41. The minimum absolute atomic E-state index is 0. The van der Waals surface area contributed by atoms with Gasteiger partial charge in [-0.05, 0) is 33.8 Å². The Labute approximate surface area is 218 Å². The zero-order valence-electron chi connectivity index (χ0n) is 17.3. The van der Waals surface area contributed by atoms with E-state index in [1.165, 1.54) is 56.1 Å². The third-order valence-corrected chi connectivity index (χ3v) is 7.91. The van der Waals surface area contributed by atoms with Crippen molar-refractivity contribution < 1.29 is 58.9 Å². The van der Waals surface area contributed by atoms with Crippen molar-refractivity contribution in [1.82, 2.24) is 0 Å². The molecule has 0 atom stereocenters. The quantitative estimate of drug-likeness (QED) is 0.275. The first-order valence-corrected chi connectivity index (χ1v) is 11.7. The van der Waals surface area contributed by atoms with Gasteiger partial charge in [0, 0.05) is 0 Å². The van der Waals surface area contributed by atoms with E-state index in [1.807, 2.05) is 0 Å². The van der Waals surface area contributed by atoms with Gasteiger partial charge in [-0.2, -0.15) is 5.57 Å². The first-order chi connectivity index (χ1) is 12.9. The third kappa shape index (κ3) is 8.69. The van der Waals surface area contributed by atoms with Gasteiger partial charge in [-0.15, -0.1) is 0 Å². The number of benzene rings is 2. The Morgan fingerprint density at radius 3 is 2.03 bits per heavy atom. The average molecular weight is 512 g/mol. The van der Waals surface area contributed by atoms with E-state index in [4.69, 9.17) is 0 Å². The van der Waals surface area contributed by atoms with Crippen LogP contribution in [0.25, 0.3) is 0 Å². The van der Waals surface area contributed by atoms with Crippen molar-refractivity contribution in [3.05, 3.63) is 88.6 Å². The molecule has 0 saturated heterocycles. The van der Waals surface area contributed by atoms with Crippen LogP contribution in [0.4, 0.5) is 0 Å². The molecule has 30 heavy (non-hydrogen) atoms. The fourth-order valence-electron chi connectivity index (χ4n) is 4.55. The van der Waals surface area contributed by atoms with Gasteiger partial charge in [0.1, 0.15) is 0 Å². The predicted octanol–water partition coefficient (Wildman–Crippen LogP) is -3.91. The molecule has 2 aromatic carbocycles. The second-order valence-electron chi connectivity index (χ2n) is 8.02. The minimum atomic E-state index is -0.371. The Balaban J connectivity index is 0.00000210. The summed E-state index contributed by atoms with van der Waals surface area (Å²) < 4.78 is 0. The van der Waals surface area contributed by atoms with Gasteiger partial charge in [-0.25, -0.2) is 16.8 Å². The van der Waals surface area contributed by atoms with Crippen molar-refractivity contribution in [3.8, 4) is 0 Å². The van der Waals surface area contributed by atoms with E-state index in [2.05, 4.69) is 66.7 Å². The van der Waals surface area contributed by atoms with Gasteiger partial charge in [-0.1, -0.05) is 104 Å². The van der Waals surface area contributed by atoms with E-state index in [-0.39, 0.29) is 68.5 Å². The maximum Gasteiger partial charge on any atom is 4.00 e. The number of allylic oxidation sites excluding steroid dienone is 4. The Morgan fingerprint density at radius 1 is 0.800 bits per heavy atom. The molecule has 0 N–H and O–H groups in total. The third-order valence-electron chi connectivity index (χ3n) is 5.93. The summed E-state index contributed by atoms with van der Waals surface area (Å²) in [5, 5.41) is 3.29. The Kier molecular flexibility index (Phi) is 15.4. The Bertz CT molecular complexity index is 785. The monoisotopic (exact) mass is 510 g/mol. The molecule has 2 aromatic rings. The molecule has 0 bridgehead atoms. The summed E-state index contributed by atoms with van der Waals surface area (Å²) in [5.41, 5.74) is 4.53. The van der Waals surface area contributed by atoms with Gasteiger partial charge in [0.15, 0.2) is 0 Å². The summed E-state index contributed by atoms with van der Waals surface area (Å²) >= 11 is 0. The molecular formula is C25H29Cl3SiTi. The van der Waals surface area contributed by atoms with E-state index >= 15 is 0 Å². The molecule has 4 rings (SSSR count). The van der Waals surface area contributed by atoms with Crippen LogP contribution in [-0.4, -0.2) is 9.52 Å². The van der Waals surface area contributed by atoms with E-state index in [9.17, 15) is 0 Å². The molecule has 158 valence electrons. The zero-order valence-corrected chi connectivity index (χ0v) is 22.6. The Hall–Kier alpha value is -0.279. The summed E-state index contributed by atoms with van der Waals surface area (Å²) in [7, 11) is -0.371. The zero-order chi connectivity index (χ0) is 17.6. The molecule has 0 heterocycles. The van der Waals surface area contributed by atoms with Crippen LogP contribution in [0.1, 0.15) is 50.5 Å². The van der Waals surface area contributed by atoms with Gasteiger partial charge in [0.25, 0.3) is 0 Å². The van der Waals surface area contributed by atoms with Crippen molar-refractivity contribution in [2.75, 3.05) is 0 Å². The molecule has 0 unspecified atom stereocenters. The molecule has 0 aliphatic heterocycles. The van der Waals surface area contributed by atoms with Crippen molar-refractivity contribution in [3.63, 3.8) is 0 Å². The molecule has 1 fully saturated rings.